The minimum atomic E-state index is -0.553. The molecular weight excluding hydrogens is 310 g/mol. The van der Waals surface area contributed by atoms with Gasteiger partial charge in [-0.2, -0.15) is 0 Å². The summed E-state index contributed by atoms with van der Waals surface area (Å²) in [7, 11) is 0. The summed E-state index contributed by atoms with van der Waals surface area (Å²) in [5, 5.41) is 10.7. The average molecular weight is 329 g/mol. The lowest BCUT2D eigenvalue weighted by molar-refractivity contribution is -0.384. The van der Waals surface area contributed by atoms with Crippen molar-refractivity contribution in [3.8, 4) is 11.5 Å². The first-order valence-corrected chi connectivity index (χ1v) is 7.63. The van der Waals surface area contributed by atoms with Gasteiger partial charge in [0.15, 0.2) is 6.29 Å². The molecule has 0 aliphatic rings. The number of carbonyl (C=O) groups is 1. The lowest BCUT2D eigenvalue weighted by Gasteiger charge is -2.11. The Hall–Kier alpha value is -2.89. The van der Waals surface area contributed by atoms with Gasteiger partial charge in [0.2, 0.25) is 0 Å². The van der Waals surface area contributed by atoms with Gasteiger partial charge in [-0.3, -0.25) is 14.9 Å². The van der Waals surface area contributed by atoms with Gasteiger partial charge in [0, 0.05) is 12.1 Å². The van der Waals surface area contributed by atoms with E-state index in [-0.39, 0.29) is 17.9 Å². The normalized spacial score (nSPS) is 10.2. The maximum Gasteiger partial charge on any atom is 0.270 e. The molecule has 2 rings (SSSR count). The zero-order valence-corrected chi connectivity index (χ0v) is 13.7. The third-order valence-corrected chi connectivity index (χ3v) is 3.46. The van der Waals surface area contributed by atoms with Crippen LogP contribution in [0.3, 0.4) is 0 Å². The highest BCUT2D eigenvalue weighted by Gasteiger charge is 2.11. The molecule has 0 amide bonds. The number of ether oxygens (including phenoxy) is 2. The Morgan fingerprint density at radius 2 is 1.88 bits per heavy atom. The number of hydrogen-bond donors (Lipinski definition) is 0. The summed E-state index contributed by atoms with van der Waals surface area (Å²) in [6, 6.07) is 9.95. The van der Waals surface area contributed by atoms with Crippen LogP contribution in [0.2, 0.25) is 0 Å². The molecule has 0 spiro atoms. The van der Waals surface area contributed by atoms with E-state index in [4.69, 9.17) is 9.47 Å². The maximum absolute atomic E-state index is 11.0. The number of nitro benzene ring substituents is 1. The van der Waals surface area contributed by atoms with Crippen molar-refractivity contribution in [3.05, 3.63) is 63.2 Å². The minimum Gasteiger partial charge on any atom is -0.490 e. The van der Waals surface area contributed by atoms with E-state index in [9.17, 15) is 14.9 Å². The number of carbonyl (C=O) groups excluding carboxylic acids is 1. The Kier molecular flexibility index (Phi) is 5.89. The fourth-order valence-corrected chi connectivity index (χ4v) is 2.30. The monoisotopic (exact) mass is 329 g/mol. The van der Waals surface area contributed by atoms with Crippen LogP contribution >= 0.6 is 0 Å². The number of nitro groups is 1. The van der Waals surface area contributed by atoms with Gasteiger partial charge in [-0.25, -0.2) is 0 Å². The lowest BCUT2D eigenvalue weighted by Crippen LogP contribution is -2.10. The molecule has 6 nitrogen and oxygen atoms in total. The number of aryl methyl sites for hydroxylation is 2. The largest absolute Gasteiger partial charge is 0.490 e. The molecule has 24 heavy (non-hydrogen) atoms. The van der Waals surface area contributed by atoms with Gasteiger partial charge in [-0.1, -0.05) is 13.0 Å². The summed E-state index contributed by atoms with van der Waals surface area (Å²) in [6.07, 6.45) is 1.47. The molecule has 0 heterocycles. The third-order valence-electron chi connectivity index (χ3n) is 3.46. The highest BCUT2D eigenvalue weighted by atomic mass is 16.6. The number of hydrogen-bond acceptors (Lipinski definition) is 5. The van der Waals surface area contributed by atoms with E-state index in [1.165, 1.54) is 23.8 Å². The Morgan fingerprint density at radius 3 is 2.54 bits per heavy atom. The number of nitrogens with zero attached hydrogens (tertiary/aromatic N) is 1. The molecule has 0 saturated carbocycles. The van der Waals surface area contributed by atoms with Crippen LogP contribution in [0.5, 0.6) is 11.5 Å². The van der Waals surface area contributed by atoms with Crippen molar-refractivity contribution in [3.63, 3.8) is 0 Å². The van der Waals surface area contributed by atoms with Crippen molar-refractivity contribution < 1.29 is 19.2 Å². The topological polar surface area (TPSA) is 78.7 Å². The molecule has 0 radical (unpaired) electrons. The zero-order valence-electron chi connectivity index (χ0n) is 13.7. The molecule has 0 N–H and O–H groups in total. The van der Waals surface area contributed by atoms with Crippen LogP contribution in [0, 0.1) is 17.0 Å². The van der Waals surface area contributed by atoms with Gasteiger partial charge in [0.25, 0.3) is 5.69 Å². The van der Waals surface area contributed by atoms with Crippen LogP contribution in [0.4, 0.5) is 5.69 Å². The quantitative estimate of drug-likeness (QED) is 0.319. The van der Waals surface area contributed by atoms with Crippen LogP contribution in [-0.4, -0.2) is 24.4 Å². The smallest absolute Gasteiger partial charge is 0.270 e. The Labute approximate surface area is 140 Å². The van der Waals surface area contributed by atoms with Crippen LogP contribution in [-0.2, 0) is 6.42 Å². The van der Waals surface area contributed by atoms with E-state index in [1.54, 1.807) is 0 Å². The molecule has 0 saturated heterocycles. The Morgan fingerprint density at radius 1 is 1.12 bits per heavy atom. The molecule has 0 aliphatic heterocycles. The predicted octanol–water partition coefficient (Wildman–Crippen LogP) is 3.74. The van der Waals surface area contributed by atoms with Gasteiger partial charge < -0.3 is 9.47 Å². The lowest BCUT2D eigenvalue weighted by atomic mass is 10.1. The average Bonchev–Trinajstić information content (AvgIpc) is 2.58. The zero-order chi connectivity index (χ0) is 17.5. The molecule has 0 aliphatic carbocycles. The summed E-state index contributed by atoms with van der Waals surface area (Å²) >= 11 is 0. The standard InChI is InChI=1S/C18H19NO5/c1-3-14-8-13(2)9-17(10-14)23-6-7-24-18-5-4-16(19(21)22)11-15(18)12-20/h4-5,8-12H,3,6-7H2,1-2H3. The summed E-state index contributed by atoms with van der Waals surface area (Å²) in [5.74, 6) is 1.08. The SMILES string of the molecule is CCc1cc(C)cc(OCCOc2ccc([N+](=O)[O-])cc2C=O)c1. The molecule has 0 bridgehead atoms. The number of benzene rings is 2. The van der Waals surface area contributed by atoms with Crippen LogP contribution in [0.15, 0.2) is 36.4 Å². The van der Waals surface area contributed by atoms with Crippen molar-refractivity contribution in [1.29, 1.82) is 0 Å². The molecule has 6 heteroatoms. The fraction of sp³-hybridized carbons (Fsp3) is 0.278. The second-order valence-corrected chi connectivity index (χ2v) is 5.30. The van der Waals surface area contributed by atoms with E-state index in [2.05, 4.69) is 13.0 Å². The van der Waals surface area contributed by atoms with Crippen molar-refractivity contribution in [2.45, 2.75) is 20.3 Å². The summed E-state index contributed by atoms with van der Waals surface area (Å²) in [4.78, 5) is 21.2. The van der Waals surface area contributed by atoms with Crippen molar-refractivity contribution in [2.75, 3.05) is 13.2 Å². The highest BCUT2D eigenvalue weighted by Crippen LogP contribution is 2.23. The first-order chi connectivity index (χ1) is 11.5. The predicted molar refractivity (Wildman–Crippen MR) is 90.0 cm³/mol. The van der Waals surface area contributed by atoms with Gasteiger partial charge in [-0.05, 0) is 42.7 Å². The fourth-order valence-electron chi connectivity index (χ4n) is 2.30. The first-order valence-electron chi connectivity index (χ1n) is 7.63. The molecule has 0 atom stereocenters. The van der Waals surface area contributed by atoms with Crippen LogP contribution < -0.4 is 9.47 Å². The van der Waals surface area contributed by atoms with Gasteiger partial charge in [0.1, 0.15) is 24.7 Å². The van der Waals surface area contributed by atoms with Crippen LogP contribution in [0.25, 0.3) is 0 Å². The number of aldehydes is 1. The van der Waals surface area contributed by atoms with E-state index < -0.39 is 4.92 Å². The molecule has 0 unspecified atom stereocenters. The van der Waals surface area contributed by atoms with Crippen LogP contribution in [0.1, 0.15) is 28.4 Å². The maximum atomic E-state index is 11.0. The van der Waals surface area contributed by atoms with Gasteiger partial charge in [-0.15, -0.1) is 0 Å². The van der Waals surface area contributed by atoms with Gasteiger partial charge >= 0.3 is 0 Å². The second kappa shape index (κ2) is 8.10. The van der Waals surface area contributed by atoms with Crippen molar-refractivity contribution >= 4 is 12.0 Å². The molecule has 0 aromatic heterocycles. The molecule has 2 aromatic rings. The van der Waals surface area contributed by atoms with Gasteiger partial charge in [0.05, 0.1) is 10.5 Å². The molecule has 2 aromatic carbocycles. The molecule has 126 valence electrons. The minimum absolute atomic E-state index is 0.146. The molecule has 0 fully saturated rings. The third kappa shape index (κ3) is 4.55. The summed E-state index contributed by atoms with van der Waals surface area (Å²) in [5.41, 5.74) is 2.33. The number of rotatable bonds is 8. The van der Waals surface area contributed by atoms with Crippen molar-refractivity contribution in [2.24, 2.45) is 0 Å². The second-order valence-electron chi connectivity index (χ2n) is 5.30. The van der Waals surface area contributed by atoms with E-state index in [1.807, 2.05) is 19.1 Å². The molecular formula is C18H19NO5. The Bertz CT molecular complexity index is 742. The van der Waals surface area contributed by atoms with E-state index >= 15 is 0 Å². The highest BCUT2D eigenvalue weighted by molar-refractivity contribution is 5.80. The first kappa shape index (κ1) is 17.5. The van der Waals surface area contributed by atoms with Crippen molar-refractivity contribution in [1.82, 2.24) is 0 Å². The van der Waals surface area contributed by atoms with E-state index in [0.29, 0.717) is 18.6 Å². The van der Waals surface area contributed by atoms with E-state index in [0.717, 1.165) is 17.7 Å². The number of non-ortho nitro benzene ring substituents is 1. The summed E-state index contributed by atoms with van der Waals surface area (Å²) in [6.45, 7) is 4.63. The summed E-state index contributed by atoms with van der Waals surface area (Å²) < 4.78 is 11.2. The Balaban J connectivity index is 1.94.